The minimum Gasteiger partial charge on any atom is -0.370 e. The summed E-state index contributed by atoms with van der Waals surface area (Å²) < 4.78 is 0. The lowest BCUT2D eigenvalue weighted by Crippen LogP contribution is -2.09. The van der Waals surface area contributed by atoms with E-state index in [0.717, 1.165) is 19.3 Å². The molecule has 0 aromatic heterocycles. The van der Waals surface area contributed by atoms with E-state index < -0.39 is 0 Å². The minimum atomic E-state index is -0.206. The molecule has 0 aliphatic rings. The fraction of sp³-hybridized carbons (Fsp3) is 0.267. The van der Waals surface area contributed by atoms with E-state index in [1.165, 1.54) is 16.3 Å². The number of unbranched alkanes of at least 4 members (excludes halogenated alkanes) is 1. The molecule has 0 aliphatic heterocycles. The zero-order chi connectivity index (χ0) is 12.1. The van der Waals surface area contributed by atoms with Gasteiger partial charge in [-0.3, -0.25) is 4.79 Å². The molecule has 2 heteroatoms. The van der Waals surface area contributed by atoms with E-state index in [-0.39, 0.29) is 5.91 Å². The van der Waals surface area contributed by atoms with Gasteiger partial charge >= 0.3 is 0 Å². The van der Waals surface area contributed by atoms with Crippen LogP contribution in [0, 0.1) is 0 Å². The summed E-state index contributed by atoms with van der Waals surface area (Å²) >= 11 is 0. The van der Waals surface area contributed by atoms with Crippen molar-refractivity contribution in [1.82, 2.24) is 0 Å². The Balaban J connectivity index is 2.05. The molecular weight excluding hydrogens is 210 g/mol. The van der Waals surface area contributed by atoms with Crippen molar-refractivity contribution in [2.75, 3.05) is 0 Å². The number of aryl methyl sites for hydroxylation is 1. The standard InChI is InChI=1S/C15H17NO/c16-15(17)11-4-2-7-13-9-5-8-12-6-1-3-10-14(12)13/h1,3,5-6,8-10H,2,4,7,11H2,(H2,16,17). The zero-order valence-corrected chi connectivity index (χ0v) is 9.86. The molecule has 2 aromatic rings. The minimum absolute atomic E-state index is 0.206. The van der Waals surface area contributed by atoms with Gasteiger partial charge in [0.1, 0.15) is 0 Å². The van der Waals surface area contributed by atoms with Crippen molar-refractivity contribution < 1.29 is 4.79 Å². The Morgan fingerprint density at radius 1 is 1.00 bits per heavy atom. The topological polar surface area (TPSA) is 43.1 Å². The molecule has 0 spiro atoms. The van der Waals surface area contributed by atoms with Crippen LogP contribution in [-0.2, 0) is 11.2 Å². The summed E-state index contributed by atoms with van der Waals surface area (Å²) in [6.07, 6.45) is 3.38. The molecule has 2 aromatic carbocycles. The summed E-state index contributed by atoms with van der Waals surface area (Å²) in [5.41, 5.74) is 6.48. The first kappa shape index (κ1) is 11.6. The maximum Gasteiger partial charge on any atom is 0.217 e. The van der Waals surface area contributed by atoms with Gasteiger partial charge in [0.2, 0.25) is 5.91 Å². The molecule has 17 heavy (non-hydrogen) atoms. The number of fused-ring (bicyclic) bond motifs is 1. The van der Waals surface area contributed by atoms with E-state index in [9.17, 15) is 4.79 Å². The van der Waals surface area contributed by atoms with Crippen LogP contribution in [0.4, 0.5) is 0 Å². The summed E-state index contributed by atoms with van der Waals surface area (Å²) in [6.45, 7) is 0. The van der Waals surface area contributed by atoms with Crippen molar-refractivity contribution in [3.8, 4) is 0 Å². The third kappa shape index (κ3) is 3.06. The van der Waals surface area contributed by atoms with Crippen LogP contribution in [0.3, 0.4) is 0 Å². The fourth-order valence-electron chi connectivity index (χ4n) is 2.13. The van der Waals surface area contributed by atoms with Crippen LogP contribution in [0.1, 0.15) is 24.8 Å². The zero-order valence-electron chi connectivity index (χ0n) is 9.86. The molecule has 0 atom stereocenters. The number of nitrogens with two attached hydrogens (primary N) is 1. The Bertz CT molecular complexity index is 514. The lowest BCUT2D eigenvalue weighted by atomic mass is 10.00. The Labute approximate surface area is 101 Å². The van der Waals surface area contributed by atoms with E-state index in [1.807, 2.05) is 0 Å². The van der Waals surface area contributed by atoms with Gasteiger partial charge in [-0.05, 0) is 35.6 Å². The molecule has 2 rings (SSSR count). The largest absolute Gasteiger partial charge is 0.370 e. The third-order valence-electron chi connectivity index (χ3n) is 3.00. The quantitative estimate of drug-likeness (QED) is 0.784. The highest BCUT2D eigenvalue weighted by Crippen LogP contribution is 2.20. The monoisotopic (exact) mass is 227 g/mol. The maximum atomic E-state index is 10.6. The number of benzene rings is 2. The van der Waals surface area contributed by atoms with Gasteiger partial charge in [-0.15, -0.1) is 0 Å². The molecule has 2 N–H and O–H groups in total. The van der Waals surface area contributed by atoms with Gasteiger partial charge in [-0.2, -0.15) is 0 Å². The molecule has 0 unspecified atom stereocenters. The van der Waals surface area contributed by atoms with Crippen molar-refractivity contribution in [2.24, 2.45) is 5.73 Å². The number of carbonyl (C=O) groups is 1. The first-order chi connectivity index (χ1) is 8.27. The second-order valence-electron chi connectivity index (χ2n) is 4.31. The van der Waals surface area contributed by atoms with Crippen LogP contribution >= 0.6 is 0 Å². The lowest BCUT2D eigenvalue weighted by Gasteiger charge is -2.05. The van der Waals surface area contributed by atoms with E-state index in [0.29, 0.717) is 6.42 Å². The molecule has 2 nitrogen and oxygen atoms in total. The SMILES string of the molecule is NC(=O)CCCCc1cccc2ccccc12. The van der Waals surface area contributed by atoms with E-state index >= 15 is 0 Å². The number of hydrogen-bond donors (Lipinski definition) is 1. The molecule has 0 heterocycles. The molecule has 0 aliphatic carbocycles. The van der Waals surface area contributed by atoms with Crippen molar-refractivity contribution in [1.29, 1.82) is 0 Å². The summed E-state index contributed by atoms with van der Waals surface area (Å²) in [4.78, 5) is 10.6. The Kier molecular flexibility index (Phi) is 3.76. The van der Waals surface area contributed by atoms with Crippen LogP contribution in [-0.4, -0.2) is 5.91 Å². The second-order valence-corrected chi connectivity index (χ2v) is 4.31. The van der Waals surface area contributed by atoms with Crippen molar-refractivity contribution in [3.63, 3.8) is 0 Å². The van der Waals surface area contributed by atoms with Crippen molar-refractivity contribution in [3.05, 3.63) is 48.0 Å². The van der Waals surface area contributed by atoms with Gasteiger partial charge in [0.25, 0.3) is 0 Å². The molecular formula is C15H17NO. The molecule has 0 radical (unpaired) electrons. The van der Waals surface area contributed by atoms with Crippen LogP contribution in [0.5, 0.6) is 0 Å². The molecule has 88 valence electrons. The molecule has 0 saturated carbocycles. The smallest absolute Gasteiger partial charge is 0.217 e. The van der Waals surface area contributed by atoms with Gasteiger partial charge in [0.05, 0.1) is 0 Å². The summed E-state index contributed by atoms with van der Waals surface area (Å²) in [5, 5.41) is 2.59. The molecule has 1 amide bonds. The lowest BCUT2D eigenvalue weighted by molar-refractivity contribution is -0.118. The van der Waals surface area contributed by atoms with Crippen LogP contribution in [0.2, 0.25) is 0 Å². The highest BCUT2D eigenvalue weighted by molar-refractivity contribution is 5.85. The highest BCUT2D eigenvalue weighted by atomic mass is 16.1. The van der Waals surface area contributed by atoms with Crippen LogP contribution in [0.25, 0.3) is 10.8 Å². The Morgan fingerprint density at radius 3 is 2.59 bits per heavy atom. The van der Waals surface area contributed by atoms with Gasteiger partial charge in [0, 0.05) is 6.42 Å². The third-order valence-corrected chi connectivity index (χ3v) is 3.00. The number of primary amides is 1. The number of hydrogen-bond acceptors (Lipinski definition) is 1. The molecule has 0 fully saturated rings. The molecule has 0 saturated heterocycles. The van der Waals surface area contributed by atoms with E-state index in [2.05, 4.69) is 42.5 Å². The van der Waals surface area contributed by atoms with E-state index in [4.69, 9.17) is 5.73 Å². The predicted octanol–water partition coefficient (Wildman–Crippen LogP) is 3.04. The van der Waals surface area contributed by atoms with Crippen molar-refractivity contribution in [2.45, 2.75) is 25.7 Å². The van der Waals surface area contributed by atoms with E-state index in [1.54, 1.807) is 0 Å². The van der Waals surface area contributed by atoms with Crippen LogP contribution in [0.15, 0.2) is 42.5 Å². The normalized spacial score (nSPS) is 10.6. The van der Waals surface area contributed by atoms with Gasteiger partial charge in [0.15, 0.2) is 0 Å². The Hall–Kier alpha value is -1.83. The highest BCUT2D eigenvalue weighted by Gasteiger charge is 2.00. The van der Waals surface area contributed by atoms with Gasteiger partial charge in [-0.25, -0.2) is 0 Å². The predicted molar refractivity (Wildman–Crippen MR) is 70.7 cm³/mol. The average Bonchev–Trinajstić information content (AvgIpc) is 2.34. The summed E-state index contributed by atoms with van der Waals surface area (Å²) in [7, 11) is 0. The number of amides is 1. The first-order valence-electron chi connectivity index (χ1n) is 6.02. The van der Waals surface area contributed by atoms with Crippen molar-refractivity contribution >= 4 is 16.7 Å². The van der Waals surface area contributed by atoms with Crippen LogP contribution < -0.4 is 5.73 Å². The maximum absolute atomic E-state index is 10.6. The van der Waals surface area contributed by atoms with Gasteiger partial charge < -0.3 is 5.73 Å². The molecule has 0 bridgehead atoms. The Morgan fingerprint density at radius 2 is 1.76 bits per heavy atom. The first-order valence-corrected chi connectivity index (χ1v) is 6.02. The number of carbonyl (C=O) groups excluding carboxylic acids is 1. The average molecular weight is 227 g/mol. The summed E-state index contributed by atoms with van der Waals surface area (Å²) in [6, 6.07) is 14.8. The van der Waals surface area contributed by atoms with Gasteiger partial charge in [-0.1, -0.05) is 42.5 Å². The number of rotatable bonds is 5. The second kappa shape index (κ2) is 5.48. The summed E-state index contributed by atoms with van der Waals surface area (Å²) in [5.74, 6) is -0.206. The fourth-order valence-corrected chi connectivity index (χ4v) is 2.13.